The molecule has 0 rings (SSSR count). The van der Waals surface area contributed by atoms with E-state index >= 15 is 0 Å². The van der Waals surface area contributed by atoms with Crippen LogP contribution in [0.15, 0.2) is 0 Å². The number of carboxylic acids is 2. The molecule has 256 valence electrons. The Morgan fingerprint density at radius 1 is 0.558 bits per heavy atom. The van der Waals surface area contributed by atoms with Crippen molar-refractivity contribution in [3.8, 4) is 0 Å². The van der Waals surface area contributed by atoms with E-state index in [9.17, 15) is 19.8 Å². The number of rotatable bonds is 24. The van der Waals surface area contributed by atoms with E-state index in [2.05, 4.69) is 66.8 Å². The summed E-state index contributed by atoms with van der Waals surface area (Å²) in [4.78, 5) is 21.8. The summed E-state index contributed by atoms with van der Waals surface area (Å²) in [5.41, 5.74) is -0.626. The van der Waals surface area contributed by atoms with Gasteiger partial charge in [-0.15, -0.1) is 0 Å². The van der Waals surface area contributed by atoms with Crippen LogP contribution in [0, 0.1) is 22.7 Å². The van der Waals surface area contributed by atoms with Crippen LogP contribution in [0.5, 0.6) is 0 Å². The van der Waals surface area contributed by atoms with Crippen LogP contribution in [0.2, 0.25) is 8.87 Å². The summed E-state index contributed by atoms with van der Waals surface area (Å²) in [6, 6.07) is 0. The van der Waals surface area contributed by atoms with Gasteiger partial charge in [-0.1, -0.05) is 132 Å². The van der Waals surface area contributed by atoms with Gasteiger partial charge in [-0.25, -0.2) is 0 Å². The van der Waals surface area contributed by atoms with Crippen molar-refractivity contribution in [1.82, 2.24) is 0 Å². The summed E-state index contributed by atoms with van der Waals surface area (Å²) in [5.74, 6) is -1.42. The fourth-order valence-corrected chi connectivity index (χ4v) is 9.39. The molecule has 0 heterocycles. The number of hydrogen-bond acceptors (Lipinski definition) is 6. The van der Waals surface area contributed by atoms with E-state index in [0.29, 0.717) is 11.8 Å². The summed E-state index contributed by atoms with van der Waals surface area (Å²) in [7, 11) is 0. The van der Waals surface area contributed by atoms with Crippen LogP contribution in [0.3, 0.4) is 0 Å². The van der Waals surface area contributed by atoms with E-state index in [1.807, 2.05) is 27.7 Å². The number of carbonyl (C=O) groups is 2. The zero-order chi connectivity index (χ0) is 33.9. The topological polar surface area (TPSA) is 80.3 Å². The predicted octanol–water partition coefficient (Wildman–Crippen LogP) is 9.24. The maximum atomic E-state index is 10.9. The van der Waals surface area contributed by atoms with Crippen molar-refractivity contribution in [1.29, 1.82) is 0 Å². The number of unbranched alkanes of at least 4 members (excludes halogenated alkanes) is 10. The van der Waals surface area contributed by atoms with E-state index in [-0.39, 0.29) is 32.0 Å². The zero-order valence-corrected chi connectivity index (χ0v) is 34.7. The molecule has 0 aliphatic heterocycles. The van der Waals surface area contributed by atoms with Crippen molar-refractivity contribution >= 4 is 58.3 Å². The minimum atomic E-state index is -1.06. The zero-order valence-electron chi connectivity index (χ0n) is 30.1. The molecule has 0 spiro atoms. The second kappa shape index (κ2) is 29.8. The molecule has 0 saturated heterocycles. The molecule has 4 unspecified atom stereocenters. The van der Waals surface area contributed by atoms with E-state index in [0.717, 1.165) is 12.8 Å². The summed E-state index contributed by atoms with van der Waals surface area (Å²) < 4.78 is 3.25. The molecule has 0 amide bonds. The minimum absolute atomic E-state index is 0.149. The third-order valence-electron chi connectivity index (χ3n) is 9.29. The normalized spacial score (nSPS) is 14.2. The van der Waals surface area contributed by atoms with Crippen LogP contribution in [-0.4, -0.2) is 43.6 Å². The first-order valence-corrected chi connectivity index (χ1v) is 22.6. The van der Waals surface area contributed by atoms with Gasteiger partial charge in [0.25, 0.3) is 0 Å². The Morgan fingerprint density at radius 2 is 0.837 bits per heavy atom. The van der Waals surface area contributed by atoms with Crippen LogP contribution < -0.4 is 10.2 Å². The monoisotopic (exact) mass is 752 g/mol. The number of thiol groups is 2. The second-order valence-corrected chi connectivity index (χ2v) is 19.1. The van der Waals surface area contributed by atoms with Gasteiger partial charge in [0.1, 0.15) is 0 Å². The Labute approximate surface area is 290 Å². The van der Waals surface area contributed by atoms with Gasteiger partial charge in [0.2, 0.25) is 0 Å². The number of hydrogen-bond donors (Lipinski definition) is 2. The van der Waals surface area contributed by atoms with Crippen LogP contribution in [0.4, 0.5) is 0 Å². The molecule has 0 N–H and O–H groups in total. The molecule has 0 aliphatic carbocycles. The molecule has 0 aliphatic rings. The van der Waals surface area contributed by atoms with Gasteiger partial charge >= 0.3 is 69.5 Å². The molecule has 0 aromatic rings. The standard InChI is InChI=1S/2C14H28O2S.2C4H9.Sn/c2*1-5-6-7-8-9-10-11(2)14(3,4)12(17)13(15)16;2*1-3-4-2;/h2*11-12,17H,5-10H2,1-4H3,(H,15,16);2*1,3-4H2,2H3;/q;;;;+2/p-2. The number of carbonyl (C=O) groups excluding carboxylic acids is 2. The Balaban J connectivity index is -0.000000586. The molecule has 7 heteroatoms. The molecule has 0 radical (unpaired) electrons. The third kappa shape index (κ3) is 25.2. The Hall–Kier alpha value is 0.439. The van der Waals surface area contributed by atoms with Crippen LogP contribution in [0.1, 0.15) is 172 Å². The van der Waals surface area contributed by atoms with Crippen molar-refractivity contribution in [3.63, 3.8) is 0 Å². The van der Waals surface area contributed by atoms with Gasteiger partial charge in [0, 0.05) is 10.5 Å². The van der Waals surface area contributed by atoms with Gasteiger partial charge < -0.3 is 19.8 Å². The SMILES string of the molecule is CCCCCCCC(C)C(C)(C)C(S)C(=O)[O-].CCCCCCCC(C)C(C)(C)C(S)C(=O)[O-].CCC[CH2][Sn+2][CH2]CCC. The summed E-state index contributed by atoms with van der Waals surface area (Å²) in [6.45, 7) is 21.1. The Kier molecular flexibility index (Phi) is 33.2. The molecule has 0 saturated carbocycles. The predicted molar refractivity (Wildman–Crippen MR) is 193 cm³/mol. The fraction of sp³-hybridized carbons (Fsp3) is 0.944. The van der Waals surface area contributed by atoms with E-state index in [4.69, 9.17) is 0 Å². The van der Waals surface area contributed by atoms with E-state index < -0.39 is 22.4 Å². The van der Waals surface area contributed by atoms with E-state index in [1.54, 1.807) is 8.87 Å². The first-order valence-electron chi connectivity index (χ1n) is 17.6. The summed E-state index contributed by atoms with van der Waals surface area (Å²) in [6.07, 6.45) is 20.5. The van der Waals surface area contributed by atoms with Crippen molar-refractivity contribution in [2.75, 3.05) is 0 Å². The summed E-state index contributed by atoms with van der Waals surface area (Å²) in [5, 5.41) is 20.4. The molecular formula is C36H72O4S2Sn. The van der Waals surface area contributed by atoms with Crippen LogP contribution in [-0.2, 0) is 9.59 Å². The third-order valence-corrected chi connectivity index (χ3v) is 15.1. The second-order valence-electron chi connectivity index (χ2n) is 13.8. The molecule has 43 heavy (non-hydrogen) atoms. The van der Waals surface area contributed by atoms with Crippen molar-refractivity contribution in [2.45, 2.75) is 191 Å². The van der Waals surface area contributed by atoms with Gasteiger partial charge in [-0.3, -0.25) is 0 Å². The molecule has 0 fully saturated rings. The average molecular weight is 752 g/mol. The molecule has 4 atom stereocenters. The maximum absolute atomic E-state index is 10.9. The number of carboxylic acid groups (broad SMARTS) is 2. The average Bonchev–Trinajstić information content (AvgIpc) is 2.96. The first-order chi connectivity index (χ1) is 20.1. The van der Waals surface area contributed by atoms with Gasteiger partial charge in [0.15, 0.2) is 0 Å². The van der Waals surface area contributed by atoms with Gasteiger partial charge in [0.05, 0.1) is 11.9 Å². The number of aliphatic carboxylic acids is 2. The van der Waals surface area contributed by atoms with Gasteiger partial charge in [-0.2, -0.15) is 25.3 Å². The Bertz CT molecular complexity index is 603. The molecule has 0 aromatic heterocycles. The van der Waals surface area contributed by atoms with Crippen molar-refractivity contribution in [3.05, 3.63) is 0 Å². The Morgan fingerprint density at radius 3 is 1.09 bits per heavy atom. The van der Waals surface area contributed by atoms with Crippen molar-refractivity contribution < 1.29 is 19.8 Å². The van der Waals surface area contributed by atoms with Crippen molar-refractivity contribution in [2.24, 2.45) is 22.7 Å². The fourth-order valence-electron chi connectivity index (χ4n) is 4.73. The van der Waals surface area contributed by atoms with Gasteiger partial charge in [-0.05, 0) is 22.7 Å². The molecule has 4 nitrogen and oxygen atoms in total. The summed E-state index contributed by atoms with van der Waals surface area (Å²) >= 11 is 8.47. The molecule has 0 bridgehead atoms. The molecule has 0 aromatic carbocycles. The first kappa shape index (κ1) is 47.8. The quantitative estimate of drug-likeness (QED) is 0.0586. The van der Waals surface area contributed by atoms with Crippen LogP contribution in [0.25, 0.3) is 0 Å². The van der Waals surface area contributed by atoms with E-state index in [1.165, 1.54) is 89.9 Å². The van der Waals surface area contributed by atoms with Crippen LogP contribution >= 0.6 is 25.3 Å². The molecular weight excluding hydrogens is 679 g/mol.